The SMILES string of the molecule is CCCCOc1ccc2nc(NC(=O)CC)[nH]c2c1. The Morgan fingerprint density at radius 2 is 2.26 bits per heavy atom. The van der Waals surface area contributed by atoms with Gasteiger partial charge in [-0.2, -0.15) is 0 Å². The molecule has 0 aliphatic heterocycles. The fourth-order valence-electron chi connectivity index (χ4n) is 1.69. The van der Waals surface area contributed by atoms with E-state index in [4.69, 9.17) is 4.74 Å². The molecule has 102 valence electrons. The zero-order valence-corrected chi connectivity index (χ0v) is 11.3. The molecule has 0 saturated carbocycles. The number of hydrogen-bond donors (Lipinski definition) is 2. The predicted octanol–water partition coefficient (Wildman–Crippen LogP) is 3.09. The Morgan fingerprint density at radius 3 is 3.00 bits per heavy atom. The van der Waals surface area contributed by atoms with Gasteiger partial charge in [0, 0.05) is 12.5 Å². The minimum Gasteiger partial charge on any atom is -0.494 e. The van der Waals surface area contributed by atoms with Crippen molar-refractivity contribution in [3.8, 4) is 5.75 Å². The molecule has 19 heavy (non-hydrogen) atoms. The molecular weight excluding hydrogens is 242 g/mol. The lowest BCUT2D eigenvalue weighted by molar-refractivity contribution is -0.115. The molecule has 1 aromatic carbocycles. The Balaban J connectivity index is 2.11. The average molecular weight is 261 g/mol. The number of fused-ring (bicyclic) bond motifs is 1. The van der Waals surface area contributed by atoms with Crippen LogP contribution in [-0.2, 0) is 4.79 Å². The number of rotatable bonds is 6. The van der Waals surface area contributed by atoms with Crippen molar-refractivity contribution in [3.05, 3.63) is 18.2 Å². The van der Waals surface area contributed by atoms with E-state index in [1.54, 1.807) is 6.92 Å². The van der Waals surface area contributed by atoms with Crippen LogP contribution in [0.4, 0.5) is 5.95 Å². The fourth-order valence-corrected chi connectivity index (χ4v) is 1.69. The number of aromatic amines is 1. The minimum atomic E-state index is -0.0570. The van der Waals surface area contributed by atoms with Crippen molar-refractivity contribution in [2.45, 2.75) is 33.1 Å². The third-order valence-corrected chi connectivity index (χ3v) is 2.80. The number of nitrogens with zero attached hydrogens (tertiary/aromatic N) is 1. The number of nitrogens with one attached hydrogen (secondary N) is 2. The van der Waals surface area contributed by atoms with Gasteiger partial charge in [-0.1, -0.05) is 20.3 Å². The van der Waals surface area contributed by atoms with E-state index in [0.717, 1.165) is 36.2 Å². The van der Waals surface area contributed by atoms with Gasteiger partial charge in [-0.25, -0.2) is 4.98 Å². The van der Waals surface area contributed by atoms with Gasteiger partial charge in [0.15, 0.2) is 0 Å². The molecule has 0 unspecified atom stereocenters. The van der Waals surface area contributed by atoms with E-state index in [9.17, 15) is 4.79 Å². The Bertz CT molecular complexity index is 563. The van der Waals surface area contributed by atoms with Crippen molar-refractivity contribution in [3.63, 3.8) is 0 Å². The van der Waals surface area contributed by atoms with Gasteiger partial charge >= 0.3 is 0 Å². The van der Waals surface area contributed by atoms with Gasteiger partial charge < -0.3 is 9.72 Å². The summed E-state index contributed by atoms with van der Waals surface area (Å²) in [5.41, 5.74) is 1.68. The van der Waals surface area contributed by atoms with Gasteiger partial charge in [0.1, 0.15) is 5.75 Å². The third kappa shape index (κ3) is 3.47. The highest BCUT2D eigenvalue weighted by molar-refractivity contribution is 5.91. The number of imidazole rings is 1. The molecule has 0 aliphatic carbocycles. The fraction of sp³-hybridized carbons (Fsp3) is 0.429. The number of carbonyl (C=O) groups is 1. The quantitative estimate of drug-likeness (QED) is 0.785. The molecule has 0 bridgehead atoms. The number of aromatic nitrogens is 2. The minimum absolute atomic E-state index is 0.0570. The topological polar surface area (TPSA) is 67.0 Å². The van der Waals surface area contributed by atoms with Crippen LogP contribution in [0.15, 0.2) is 18.2 Å². The normalized spacial score (nSPS) is 10.6. The highest BCUT2D eigenvalue weighted by Crippen LogP contribution is 2.20. The highest BCUT2D eigenvalue weighted by Gasteiger charge is 2.06. The molecule has 0 radical (unpaired) electrons. The van der Waals surface area contributed by atoms with Crippen LogP contribution in [0.3, 0.4) is 0 Å². The second-order valence-corrected chi connectivity index (χ2v) is 4.37. The van der Waals surface area contributed by atoms with Gasteiger partial charge in [-0.15, -0.1) is 0 Å². The van der Waals surface area contributed by atoms with Crippen molar-refractivity contribution in [2.75, 3.05) is 11.9 Å². The number of H-pyrrole nitrogens is 1. The molecular formula is C14H19N3O2. The second-order valence-electron chi connectivity index (χ2n) is 4.37. The Kier molecular flexibility index (Phi) is 4.39. The first-order valence-electron chi connectivity index (χ1n) is 6.65. The predicted molar refractivity (Wildman–Crippen MR) is 75.4 cm³/mol. The van der Waals surface area contributed by atoms with Crippen molar-refractivity contribution in [2.24, 2.45) is 0 Å². The molecule has 0 saturated heterocycles. The van der Waals surface area contributed by atoms with E-state index in [1.807, 2.05) is 18.2 Å². The summed E-state index contributed by atoms with van der Waals surface area (Å²) in [6.07, 6.45) is 2.58. The van der Waals surface area contributed by atoms with Crippen LogP contribution in [0.2, 0.25) is 0 Å². The molecule has 0 atom stereocenters. The molecule has 1 heterocycles. The molecule has 2 rings (SSSR count). The van der Waals surface area contributed by atoms with E-state index in [1.165, 1.54) is 0 Å². The lowest BCUT2D eigenvalue weighted by Gasteiger charge is -2.04. The molecule has 0 spiro atoms. The number of ether oxygens (including phenoxy) is 1. The summed E-state index contributed by atoms with van der Waals surface area (Å²) >= 11 is 0. The Morgan fingerprint density at radius 1 is 1.42 bits per heavy atom. The van der Waals surface area contributed by atoms with Crippen molar-refractivity contribution >= 4 is 22.9 Å². The van der Waals surface area contributed by atoms with Crippen molar-refractivity contribution < 1.29 is 9.53 Å². The standard InChI is InChI=1S/C14H19N3O2/c1-3-5-8-19-10-6-7-11-12(9-10)16-14(15-11)17-13(18)4-2/h6-7,9H,3-5,8H2,1-2H3,(H2,15,16,17,18). The first kappa shape index (κ1) is 13.4. The van der Waals surface area contributed by atoms with Gasteiger partial charge in [0.25, 0.3) is 0 Å². The van der Waals surface area contributed by atoms with Crippen LogP contribution < -0.4 is 10.1 Å². The summed E-state index contributed by atoms with van der Waals surface area (Å²) in [7, 11) is 0. The molecule has 5 nitrogen and oxygen atoms in total. The van der Waals surface area contributed by atoms with E-state index in [-0.39, 0.29) is 5.91 Å². The molecule has 1 amide bonds. The number of anilines is 1. The summed E-state index contributed by atoms with van der Waals surface area (Å²) in [4.78, 5) is 18.7. The molecule has 2 aromatic rings. The van der Waals surface area contributed by atoms with Crippen LogP contribution in [-0.4, -0.2) is 22.5 Å². The smallest absolute Gasteiger partial charge is 0.226 e. The van der Waals surface area contributed by atoms with Gasteiger partial charge in [-0.3, -0.25) is 10.1 Å². The zero-order valence-electron chi connectivity index (χ0n) is 11.3. The number of unbranched alkanes of at least 4 members (excludes halogenated alkanes) is 1. The van der Waals surface area contributed by atoms with Gasteiger partial charge in [0.2, 0.25) is 11.9 Å². The van der Waals surface area contributed by atoms with E-state index >= 15 is 0 Å². The van der Waals surface area contributed by atoms with Gasteiger partial charge in [-0.05, 0) is 18.6 Å². The Labute approximate surface area is 112 Å². The largest absolute Gasteiger partial charge is 0.494 e. The summed E-state index contributed by atoms with van der Waals surface area (Å²) in [5.74, 6) is 1.24. The van der Waals surface area contributed by atoms with E-state index in [2.05, 4.69) is 22.2 Å². The summed E-state index contributed by atoms with van der Waals surface area (Å²) in [5, 5.41) is 2.71. The van der Waals surface area contributed by atoms with Crippen LogP contribution in [0.25, 0.3) is 11.0 Å². The molecule has 0 aliphatic rings. The van der Waals surface area contributed by atoms with Crippen LogP contribution in [0, 0.1) is 0 Å². The molecule has 2 N–H and O–H groups in total. The van der Waals surface area contributed by atoms with E-state index in [0.29, 0.717) is 12.4 Å². The van der Waals surface area contributed by atoms with Crippen LogP contribution >= 0.6 is 0 Å². The monoisotopic (exact) mass is 261 g/mol. The lowest BCUT2D eigenvalue weighted by atomic mass is 10.3. The first-order valence-corrected chi connectivity index (χ1v) is 6.65. The summed E-state index contributed by atoms with van der Waals surface area (Å²) in [6, 6.07) is 5.68. The van der Waals surface area contributed by atoms with Crippen LogP contribution in [0.1, 0.15) is 33.1 Å². The van der Waals surface area contributed by atoms with Crippen molar-refractivity contribution in [1.29, 1.82) is 0 Å². The molecule has 5 heteroatoms. The molecule has 0 fully saturated rings. The number of benzene rings is 1. The first-order chi connectivity index (χ1) is 9.22. The average Bonchev–Trinajstić information content (AvgIpc) is 2.80. The number of hydrogen-bond acceptors (Lipinski definition) is 3. The zero-order chi connectivity index (χ0) is 13.7. The maximum absolute atomic E-state index is 11.3. The Hall–Kier alpha value is -2.04. The highest BCUT2D eigenvalue weighted by atomic mass is 16.5. The summed E-state index contributed by atoms with van der Waals surface area (Å²) in [6.45, 7) is 4.65. The van der Waals surface area contributed by atoms with Crippen LogP contribution in [0.5, 0.6) is 5.75 Å². The number of carbonyl (C=O) groups excluding carboxylic acids is 1. The van der Waals surface area contributed by atoms with Gasteiger partial charge in [0.05, 0.1) is 17.6 Å². The maximum atomic E-state index is 11.3. The van der Waals surface area contributed by atoms with Crippen molar-refractivity contribution in [1.82, 2.24) is 9.97 Å². The maximum Gasteiger partial charge on any atom is 0.226 e. The number of amides is 1. The second kappa shape index (κ2) is 6.22. The third-order valence-electron chi connectivity index (χ3n) is 2.80. The summed E-state index contributed by atoms with van der Waals surface area (Å²) < 4.78 is 5.63. The lowest BCUT2D eigenvalue weighted by Crippen LogP contribution is -2.10. The molecule has 1 aromatic heterocycles. The van der Waals surface area contributed by atoms with E-state index < -0.39 is 0 Å².